The van der Waals surface area contributed by atoms with E-state index in [1.165, 1.54) is 25.8 Å². The van der Waals surface area contributed by atoms with Gasteiger partial charge in [0, 0.05) is 13.0 Å². The number of amides is 1. The average molecular weight is 230 g/mol. The first kappa shape index (κ1) is 14.9. The highest BCUT2D eigenvalue weighted by Crippen LogP contribution is 2.17. The van der Waals surface area contributed by atoms with Gasteiger partial charge in [-0.2, -0.15) is 0 Å². The quantitative estimate of drug-likeness (QED) is 0.703. The van der Waals surface area contributed by atoms with Gasteiger partial charge in [0.25, 0.3) is 0 Å². The van der Waals surface area contributed by atoms with Crippen molar-refractivity contribution in [2.24, 2.45) is 11.7 Å². The van der Waals surface area contributed by atoms with Gasteiger partial charge in [-0.05, 0) is 33.2 Å². The molecule has 0 saturated carbocycles. The Balaban J connectivity index is 4.54. The van der Waals surface area contributed by atoms with Crippen LogP contribution in [0.2, 0.25) is 0 Å². The Hall–Kier alpha value is -1.10. The maximum Gasteiger partial charge on any atom is 0.329 e. The first-order valence-electron chi connectivity index (χ1n) is 5.46. The van der Waals surface area contributed by atoms with Crippen LogP contribution in [0.4, 0.5) is 0 Å². The van der Waals surface area contributed by atoms with Crippen LogP contribution in [-0.2, 0) is 9.59 Å². The SMILES string of the molecule is CC(CCCN)C(=O)N(C)C(C)(C)C(=O)O. The fourth-order valence-corrected chi connectivity index (χ4v) is 1.30. The van der Waals surface area contributed by atoms with Gasteiger partial charge in [-0.1, -0.05) is 6.92 Å². The Morgan fingerprint density at radius 1 is 1.44 bits per heavy atom. The molecule has 0 bridgehead atoms. The van der Waals surface area contributed by atoms with Gasteiger partial charge in [-0.15, -0.1) is 0 Å². The maximum absolute atomic E-state index is 11.9. The van der Waals surface area contributed by atoms with Crippen molar-refractivity contribution in [2.75, 3.05) is 13.6 Å². The smallest absolute Gasteiger partial charge is 0.329 e. The number of carboxylic acid groups (broad SMARTS) is 1. The molecule has 5 heteroatoms. The number of hydrogen-bond donors (Lipinski definition) is 2. The molecule has 0 aromatic carbocycles. The summed E-state index contributed by atoms with van der Waals surface area (Å²) in [4.78, 5) is 24.2. The van der Waals surface area contributed by atoms with Gasteiger partial charge in [0.05, 0.1) is 0 Å². The molecule has 0 spiro atoms. The summed E-state index contributed by atoms with van der Waals surface area (Å²) < 4.78 is 0. The highest BCUT2D eigenvalue weighted by atomic mass is 16.4. The van der Waals surface area contributed by atoms with Crippen LogP contribution in [0.3, 0.4) is 0 Å². The second-order valence-electron chi connectivity index (χ2n) is 4.59. The summed E-state index contributed by atoms with van der Waals surface area (Å²) in [5.74, 6) is -1.35. The van der Waals surface area contributed by atoms with E-state index in [9.17, 15) is 9.59 Å². The lowest BCUT2D eigenvalue weighted by Gasteiger charge is -2.33. The van der Waals surface area contributed by atoms with Crippen LogP contribution in [0.15, 0.2) is 0 Å². The first-order valence-corrected chi connectivity index (χ1v) is 5.46. The van der Waals surface area contributed by atoms with Crippen LogP contribution in [-0.4, -0.2) is 41.0 Å². The zero-order valence-electron chi connectivity index (χ0n) is 10.5. The molecule has 5 nitrogen and oxygen atoms in total. The second kappa shape index (κ2) is 5.84. The molecule has 16 heavy (non-hydrogen) atoms. The number of nitrogens with two attached hydrogens (primary N) is 1. The molecule has 1 atom stereocenters. The number of nitrogens with zero attached hydrogens (tertiary/aromatic N) is 1. The zero-order valence-corrected chi connectivity index (χ0v) is 10.5. The third kappa shape index (κ3) is 3.48. The molecule has 3 N–H and O–H groups in total. The van der Waals surface area contributed by atoms with E-state index >= 15 is 0 Å². The molecule has 0 rings (SSSR count). The van der Waals surface area contributed by atoms with E-state index < -0.39 is 11.5 Å². The van der Waals surface area contributed by atoms with E-state index in [0.717, 1.165) is 6.42 Å². The highest BCUT2D eigenvalue weighted by Gasteiger charge is 2.36. The minimum atomic E-state index is -1.17. The normalized spacial score (nSPS) is 13.3. The van der Waals surface area contributed by atoms with Gasteiger partial charge in [-0.25, -0.2) is 4.79 Å². The van der Waals surface area contributed by atoms with Crippen molar-refractivity contribution in [3.05, 3.63) is 0 Å². The minimum Gasteiger partial charge on any atom is -0.480 e. The topological polar surface area (TPSA) is 83.6 Å². The molecular formula is C11H22N2O3. The lowest BCUT2D eigenvalue weighted by Crippen LogP contribution is -2.52. The summed E-state index contributed by atoms with van der Waals surface area (Å²) in [6, 6.07) is 0. The predicted octanol–water partition coefficient (Wildman–Crippen LogP) is 0.683. The second-order valence-corrected chi connectivity index (χ2v) is 4.59. The highest BCUT2D eigenvalue weighted by molar-refractivity contribution is 5.87. The predicted molar refractivity (Wildman–Crippen MR) is 61.9 cm³/mol. The summed E-state index contributed by atoms with van der Waals surface area (Å²) in [5, 5.41) is 9.00. The van der Waals surface area contributed by atoms with Crippen LogP contribution in [0.5, 0.6) is 0 Å². The molecule has 1 amide bonds. The molecule has 0 fully saturated rings. The molecule has 0 aliphatic heterocycles. The fraction of sp³-hybridized carbons (Fsp3) is 0.818. The van der Waals surface area contributed by atoms with Gasteiger partial charge in [-0.3, -0.25) is 4.79 Å². The van der Waals surface area contributed by atoms with Crippen molar-refractivity contribution >= 4 is 11.9 Å². The van der Waals surface area contributed by atoms with Crippen LogP contribution < -0.4 is 5.73 Å². The maximum atomic E-state index is 11.9. The molecule has 0 saturated heterocycles. The Bertz CT molecular complexity index is 264. The molecule has 94 valence electrons. The summed E-state index contributed by atoms with van der Waals surface area (Å²) in [5.41, 5.74) is 4.20. The molecule has 0 aromatic heterocycles. The molecule has 0 aliphatic rings. The molecule has 0 aliphatic carbocycles. The lowest BCUT2D eigenvalue weighted by atomic mass is 9.98. The van der Waals surface area contributed by atoms with Gasteiger partial charge < -0.3 is 15.7 Å². The number of carboxylic acids is 1. The van der Waals surface area contributed by atoms with E-state index in [0.29, 0.717) is 13.0 Å². The number of rotatable bonds is 6. The average Bonchev–Trinajstić information content (AvgIpc) is 2.23. The Morgan fingerprint density at radius 3 is 2.31 bits per heavy atom. The van der Waals surface area contributed by atoms with Crippen molar-refractivity contribution in [1.82, 2.24) is 4.90 Å². The lowest BCUT2D eigenvalue weighted by molar-refractivity contribution is -0.156. The standard InChI is InChI=1S/C11H22N2O3/c1-8(6-5-7-12)9(14)13(4)11(2,3)10(15)16/h8H,5-7,12H2,1-4H3,(H,15,16). The third-order valence-electron chi connectivity index (χ3n) is 2.96. The molecule has 1 unspecified atom stereocenters. The van der Waals surface area contributed by atoms with Gasteiger partial charge in [0.15, 0.2) is 0 Å². The number of hydrogen-bond acceptors (Lipinski definition) is 3. The number of likely N-dealkylation sites (N-methyl/N-ethyl adjacent to an activating group) is 1. The van der Waals surface area contributed by atoms with Crippen molar-refractivity contribution < 1.29 is 14.7 Å². The number of carbonyl (C=O) groups is 2. The number of carbonyl (C=O) groups excluding carboxylic acids is 1. The first-order chi connectivity index (χ1) is 7.25. The Kier molecular flexibility index (Phi) is 5.44. The van der Waals surface area contributed by atoms with E-state index in [2.05, 4.69) is 0 Å². The largest absolute Gasteiger partial charge is 0.480 e. The third-order valence-corrected chi connectivity index (χ3v) is 2.96. The van der Waals surface area contributed by atoms with Crippen LogP contribution in [0, 0.1) is 5.92 Å². The summed E-state index contributed by atoms with van der Waals surface area (Å²) in [7, 11) is 1.52. The van der Waals surface area contributed by atoms with Crippen molar-refractivity contribution in [3.63, 3.8) is 0 Å². The molecule has 0 radical (unpaired) electrons. The van der Waals surface area contributed by atoms with Crippen molar-refractivity contribution in [3.8, 4) is 0 Å². The summed E-state index contributed by atoms with van der Waals surface area (Å²) in [6.45, 7) is 5.38. The summed E-state index contributed by atoms with van der Waals surface area (Å²) >= 11 is 0. The van der Waals surface area contributed by atoms with Crippen LogP contribution >= 0.6 is 0 Å². The zero-order chi connectivity index (χ0) is 12.9. The minimum absolute atomic E-state index is 0.152. The number of aliphatic carboxylic acids is 1. The van der Waals surface area contributed by atoms with Crippen molar-refractivity contribution in [1.29, 1.82) is 0 Å². The molecule has 0 aromatic rings. The fourth-order valence-electron chi connectivity index (χ4n) is 1.30. The van der Waals surface area contributed by atoms with E-state index in [1.54, 1.807) is 6.92 Å². The molecule has 0 heterocycles. The van der Waals surface area contributed by atoms with Crippen molar-refractivity contribution in [2.45, 2.75) is 39.2 Å². The Labute approximate surface area is 96.6 Å². The van der Waals surface area contributed by atoms with Gasteiger partial charge in [0.2, 0.25) is 5.91 Å². The monoisotopic (exact) mass is 230 g/mol. The molecular weight excluding hydrogens is 208 g/mol. The van der Waals surface area contributed by atoms with E-state index in [1.807, 2.05) is 0 Å². The van der Waals surface area contributed by atoms with Gasteiger partial charge >= 0.3 is 5.97 Å². The Morgan fingerprint density at radius 2 is 1.94 bits per heavy atom. The van der Waals surface area contributed by atoms with Gasteiger partial charge in [0.1, 0.15) is 5.54 Å². The van der Waals surface area contributed by atoms with Crippen LogP contribution in [0.1, 0.15) is 33.6 Å². The van der Waals surface area contributed by atoms with E-state index in [-0.39, 0.29) is 11.8 Å². The summed E-state index contributed by atoms with van der Waals surface area (Å²) in [6.07, 6.45) is 1.46. The van der Waals surface area contributed by atoms with Crippen LogP contribution in [0.25, 0.3) is 0 Å². The van der Waals surface area contributed by atoms with E-state index in [4.69, 9.17) is 10.8 Å².